The van der Waals surface area contributed by atoms with Crippen LogP contribution in [0.1, 0.15) is 26.2 Å². The third-order valence-corrected chi connectivity index (χ3v) is 6.34. The zero-order valence-corrected chi connectivity index (χ0v) is 11.8. The fourth-order valence-corrected chi connectivity index (χ4v) is 5.41. The number of hydrogen-bond acceptors (Lipinski definition) is 4. The highest BCUT2D eigenvalue weighted by Crippen LogP contribution is 2.71. The monoisotopic (exact) mass is 296 g/mol. The van der Waals surface area contributed by atoms with E-state index in [0.717, 1.165) is 0 Å². The molecule has 6 nitrogen and oxygen atoms in total. The molecule has 0 aromatic carbocycles. The van der Waals surface area contributed by atoms with Crippen LogP contribution in [0.3, 0.4) is 0 Å². The Bertz CT molecular complexity index is 540. The Morgan fingerprint density at radius 3 is 2.52 bits per heavy atom. The second-order valence-electron chi connectivity index (χ2n) is 6.93. The molecule has 0 aromatic rings. The lowest BCUT2D eigenvalue weighted by atomic mass is 9.65. The van der Waals surface area contributed by atoms with Gasteiger partial charge >= 0.3 is 11.9 Å². The lowest BCUT2D eigenvalue weighted by Gasteiger charge is -2.40. The van der Waals surface area contributed by atoms with Gasteiger partial charge in [-0.15, -0.1) is 0 Å². The summed E-state index contributed by atoms with van der Waals surface area (Å²) in [6.45, 7) is 1.62. The molecule has 6 atom stereocenters. The highest BCUT2D eigenvalue weighted by Gasteiger charge is 2.71. The Morgan fingerprint density at radius 2 is 2.00 bits per heavy atom. The topological polar surface area (TPSA) is 115 Å². The molecule has 0 saturated heterocycles. The Kier molecular flexibility index (Phi) is 2.98. The molecular weight excluding hydrogens is 276 g/mol. The largest absolute Gasteiger partial charge is 0.481 e. The summed E-state index contributed by atoms with van der Waals surface area (Å²) in [5.41, 5.74) is -1.41. The first-order valence-electron chi connectivity index (χ1n) is 7.25. The molecule has 3 rings (SSSR count). The van der Waals surface area contributed by atoms with Crippen LogP contribution in [0.15, 0.2) is 11.6 Å². The summed E-state index contributed by atoms with van der Waals surface area (Å²) in [6, 6.07) is 0. The van der Waals surface area contributed by atoms with Crippen LogP contribution in [0, 0.1) is 28.6 Å². The van der Waals surface area contributed by atoms with E-state index in [0.29, 0.717) is 19.3 Å². The van der Waals surface area contributed by atoms with E-state index in [4.69, 9.17) is 0 Å². The highest BCUT2D eigenvalue weighted by atomic mass is 16.4. The average Bonchev–Trinajstić information content (AvgIpc) is 2.89. The standard InChI is InChI=1S/C15H20O6/c1-14(6-16)9-5-15(11(17)4-7(9)12(18)19)8(13(20)21)2-3-10(14)15/h4,8-11,16-17H,2-3,5-6H2,1H3,(H,18,19)(H,20,21)/t8-,9-,10-,11?,14-,15+/m0/s1. The first-order chi connectivity index (χ1) is 9.79. The number of rotatable bonds is 3. The fraction of sp³-hybridized carbons (Fsp3) is 0.733. The zero-order chi connectivity index (χ0) is 15.6. The lowest BCUT2D eigenvalue weighted by molar-refractivity contribution is -0.150. The number of aliphatic hydroxyl groups excluding tert-OH is 2. The number of carboxylic acids is 2. The lowest BCUT2D eigenvalue weighted by Crippen LogP contribution is -2.45. The van der Waals surface area contributed by atoms with Gasteiger partial charge in [0.05, 0.1) is 12.0 Å². The fourth-order valence-electron chi connectivity index (χ4n) is 5.41. The van der Waals surface area contributed by atoms with Gasteiger partial charge in [-0.2, -0.15) is 0 Å². The smallest absolute Gasteiger partial charge is 0.331 e. The second kappa shape index (κ2) is 4.30. The van der Waals surface area contributed by atoms with Crippen LogP contribution in [0.5, 0.6) is 0 Å². The first-order valence-corrected chi connectivity index (χ1v) is 7.25. The van der Waals surface area contributed by atoms with Crippen LogP contribution in [0.4, 0.5) is 0 Å². The summed E-state index contributed by atoms with van der Waals surface area (Å²) in [6.07, 6.45) is 1.62. The molecule has 21 heavy (non-hydrogen) atoms. The van der Waals surface area contributed by atoms with Crippen LogP contribution in [-0.2, 0) is 9.59 Å². The average molecular weight is 296 g/mol. The molecule has 2 fully saturated rings. The predicted molar refractivity (Wildman–Crippen MR) is 71.3 cm³/mol. The molecule has 4 N–H and O–H groups in total. The van der Waals surface area contributed by atoms with Crippen molar-refractivity contribution in [2.24, 2.45) is 28.6 Å². The van der Waals surface area contributed by atoms with Crippen molar-refractivity contribution >= 4 is 11.9 Å². The minimum Gasteiger partial charge on any atom is -0.481 e. The minimum atomic E-state index is -1.10. The van der Waals surface area contributed by atoms with Crippen molar-refractivity contribution in [1.29, 1.82) is 0 Å². The molecule has 0 aromatic heterocycles. The van der Waals surface area contributed by atoms with Gasteiger partial charge in [0, 0.05) is 23.0 Å². The van der Waals surface area contributed by atoms with Crippen molar-refractivity contribution in [3.8, 4) is 0 Å². The molecule has 0 heterocycles. The molecule has 2 saturated carbocycles. The molecule has 3 aliphatic rings. The van der Waals surface area contributed by atoms with Crippen LogP contribution < -0.4 is 0 Å². The van der Waals surface area contributed by atoms with Gasteiger partial charge in [0.2, 0.25) is 0 Å². The molecule has 116 valence electrons. The van der Waals surface area contributed by atoms with Crippen molar-refractivity contribution in [3.63, 3.8) is 0 Å². The predicted octanol–water partition coefficient (Wildman–Crippen LogP) is 0.488. The Morgan fingerprint density at radius 1 is 1.33 bits per heavy atom. The molecule has 3 aliphatic carbocycles. The van der Waals surface area contributed by atoms with Crippen molar-refractivity contribution in [2.75, 3.05) is 6.61 Å². The summed E-state index contributed by atoms with van der Waals surface area (Å²) in [4.78, 5) is 23.0. The van der Waals surface area contributed by atoms with Gasteiger partial charge in [-0.05, 0) is 37.2 Å². The molecule has 1 spiro atoms. The first kappa shape index (κ1) is 14.5. The van der Waals surface area contributed by atoms with E-state index in [1.807, 2.05) is 6.92 Å². The van der Waals surface area contributed by atoms with Gasteiger partial charge < -0.3 is 20.4 Å². The third kappa shape index (κ3) is 1.54. The number of aliphatic carboxylic acids is 2. The summed E-state index contributed by atoms with van der Waals surface area (Å²) in [5, 5.41) is 39.3. The van der Waals surface area contributed by atoms with E-state index in [9.17, 15) is 30.0 Å². The zero-order valence-electron chi connectivity index (χ0n) is 11.8. The molecule has 1 unspecified atom stereocenters. The maximum absolute atomic E-state index is 11.6. The molecule has 6 heteroatoms. The number of carbonyl (C=O) groups is 2. The van der Waals surface area contributed by atoms with Gasteiger partial charge in [-0.3, -0.25) is 4.79 Å². The van der Waals surface area contributed by atoms with Crippen LogP contribution in [0.25, 0.3) is 0 Å². The van der Waals surface area contributed by atoms with E-state index in [2.05, 4.69) is 0 Å². The molecule has 0 amide bonds. The van der Waals surface area contributed by atoms with Gasteiger partial charge in [0.15, 0.2) is 0 Å². The summed E-state index contributed by atoms with van der Waals surface area (Å²) in [5.74, 6) is -3.30. The molecule has 0 aliphatic heterocycles. The van der Waals surface area contributed by atoms with Gasteiger partial charge in [-0.1, -0.05) is 6.92 Å². The van der Waals surface area contributed by atoms with Crippen LogP contribution in [-0.4, -0.2) is 45.1 Å². The van der Waals surface area contributed by atoms with E-state index in [-0.39, 0.29) is 18.1 Å². The number of hydrogen-bond donors (Lipinski definition) is 4. The molecule has 0 radical (unpaired) electrons. The van der Waals surface area contributed by atoms with Crippen molar-refractivity contribution in [2.45, 2.75) is 32.3 Å². The highest BCUT2D eigenvalue weighted by molar-refractivity contribution is 5.88. The van der Waals surface area contributed by atoms with Gasteiger partial charge in [0.25, 0.3) is 0 Å². The number of fused-ring (bicyclic) bond motifs is 1. The summed E-state index contributed by atoms with van der Waals surface area (Å²) >= 11 is 0. The Hall–Kier alpha value is -1.40. The van der Waals surface area contributed by atoms with Gasteiger partial charge in [0.1, 0.15) is 0 Å². The third-order valence-electron chi connectivity index (χ3n) is 6.34. The minimum absolute atomic E-state index is 0.114. The van der Waals surface area contributed by atoms with E-state index in [1.165, 1.54) is 6.08 Å². The van der Waals surface area contributed by atoms with Gasteiger partial charge in [-0.25, -0.2) is 4.79 Å². The Labute approximate surface area is 122 Å². The van der Waals surface area contributed by atoms with Crippen LogP contribution in [0.2, 0.25) is 0 Å². The summed E-state index contributed by atoms with van der Waals surface area (Å²) in [7, 11) is 0. The van der Waals surface area contributed by atoms with E-state index >= 15 is 0 Å². The second-order valence-corrected chi connectivity index (χ2v) is 6.93. The number of carboxylic acid groups (broad SMARTS) is 2. The maximum atomic E-state index is 11.6. The van der Waals surface area contributed by atoms with Crippen molar-refractivity contribution in [3.05, 3.63) is 11.6 Å². The Balaban J connectivity index is 2.17. The maximum Gasteiger partial charge on any atom is 0.331 e. The summed E-state index contributed by atoms with van der Waals surface area (Å²) < 4.78 is 0. The van der Waals surface area contributed by atoms with Crippen molar-refractivity contribution in [1.82, 2.24) is 0 Å². The SMILES string of the molecule is C[C@]1(CO)[C@H]2C[C@@]3(C(O)C=C2C(=O)O)[C@H](C(=O)O)CC[C@@H]13. The van der Waals surface area contributed by atoms with E-state index < -0.39 is 40.7 Å². The van der Waals surface area contributed by atoms with E-state index in [1.54, 1.807) is 0 Å². The molecular formula is C15H20O6. The normalized spacial score (nSPS) is 47.9. The van der Waals surface area contributed by atoms with Crippen LogP contribution >= 0.6 is 0 Å². The molecule has 2 bridgehead atoms. The number of aliphatic hydroxyl groups is 2. The van der Waals surface area contributed by atoms with Crippen molar-refractivity contribution < 1.29 is 30.0 Å². The quantitative estimate of drug-likeness (QED) is 0.602.